The van der Waals surface area contributed by atoms with Crippen LogP contribution in [-0.4, -0.2) is 140 Å². The molecule has 0 aromatic carbocycles. The second kappa shape index (κ2) is 66.4. The topological polar surface area (TPSA) is 228 Å². The molecule has 2 rings (SSSR count). The lowest BCUT2D eigenvalue weighted by Gasteiger charge is -2.46. The van der Waals surface area contributed by atoms with Gasteiger partial charge in [0.25, 0.3) is 0 Å². The van der Waals surface area contributed by atoms with Gasteiger partial charge in [0, 0.05) is 6.42 Å². The molecule has 0 aliphatic carbocycles. The zero-order valence-corrected chi connectivity index (χ0v) is 61.5. The molecule has 2 fully saturated rings. The number of rotatable bonds is 64. The molecule has 562 valence electrons. The van der Waals surface area contributed by atoms with Crippen molar-refractivity contribution in [2.24, 2.45) is 0 Å². The van der Waals surface area contributed by atoms with Gasteiger partial charge in [-0.05, 0) is 109 Å². The van der Waals surface area contributed by atoms with Crippen molar-refractivity contribution in [3.63, 3.8) is 0 Å². The van der Waals surface area contributed by atoms with Gasteiger partial charge in [-0.3, -0.25) is 4.79 Å². The number of unbranched alkanes of at least 4 members (excludes halogenated alkanes) is 31. The largest absolute Gasteiger partial charge is 0.394 e. The number of ether oxygens (including phenoxy) is 4. The minimum Gasteiger partial charge on any atom is -0.394 e. The minimum absolute atomic E-state index is 0.255. The molecule has 2 saturated heterocycles. The number of carbonyl (C=O) groups excluding carboxylic acids is 1. The highest BCUT2D eigenvalue weighted by atomic mass is 16.7. The molecular weight excluding hydrogens is 1230 g/mol. The van der Waals surface area contributed by atoms with Gasteiger partial charge >= 0.3 is 0 Å². The van der Waals surface area contributed by atoms with Gasteiger partial charge in [0.05, 0.1) is 32.0 Å². The molecule has 12 atom stereocenters. The molecule has 2 heterocycles. The van der Waals surface area contributed by atoms with Crippen LogP contribution in [0.25, 0.3) is 0 Å². The van der Waals surface area contributed by atoms with Crippen molar-refractivity contribution in [3.05, 3.63) is 134 Å². The zero-order chi connectivity index (χ0) is 70.8. The Kier molecular flexibility index (Phi) is 61.1. The van der Waals surface area contributed by atoms with E-state index in [2.05, 4.69) is 141 Å². The number of allylic oxidation sites excluding steroid dienone is 21. The highest BCUT2D eigenvalue weighted by Gasteiger charge is 2.51. The van der Waals surface area contributed by atoms with Gasteiger partial charge in [-0.2, -0.15) is 0 Å². The number of nitrogens with one attached hydrogen (secondary N) is 1. The summed E-state index contributed by atoms with van der Waals surface area (Å²) in [5.41, 5.74) is 0. The van der Waals surface area contributed by atoms with Crippen LogP contribution in [0.1, 0.15) is 296 Å². The number of hydrogen-bond acceptors (Lipinski definition) is 13. The smallest absolute Gasteiger partial charge is 0.220 e. The average molecular weight is 1380 g/mol. The quantitative estimate of drug-likeness (QED) is 0.0204. The summed E-state index contributed by atoms with van der Waals surface area (Å²) in [6.45, 7) is 2.68. The monoisotopic (exact) mass is 1370 g/mol. The van der Waals surface area contributed by atoms with E-state index in [1.54, 1.807) is 6.08 Å². The van der Waals surface area contributed by atoms with Crippen molar-refractivity contribution < 1.29 is 64.6 Å². The SMILES string of the molecule is CC/C=C\C/C=C\C/C=C\C/C=C\C/C=C\C/C=C\C/C=C\C/C=C\CCCCCCCCCCCCCCCCCCC(=O)NC(COC1OC(CO)C(OC2OC(CO)C(O)C(O)C2O)C(O)C1O)C(O)/C=C/CC/C=C/CC/C=C/CCCCCCCCCCCCCCC. The van der Waals surface area contributed by atoms with Crippen LogP contribution in [0.15, 0.2) is 134 Å². The third kappa shape index (κ3) is 48.9. The number of aliphatic hydroxyl groups excluding tert-OH is 8. The predicted octanol–water partition coefficient (Wildman–Crippen LogP) is 17.8. The molecule has 98 heavy (non-hydrogen) atoms. The minimum atomic E-state index is -1.80. The average Bonchev–Trinajstić information content (AvgIpc) is 0.793. The Bertz CT molecular complexity index is 2160. The van der Waals surface area contributed by atoms with Gasteiger partial charge < -0.3 is 65.1 Å². The summed E-state index contributed by atoms with van der Waals surface area (Å²) in [7, 11) is 0. The number of hydrogen-bond donors (Lipinski definition) is 9. The first-order valence-corrected chi connectivity index (χ1v) is 39.4. The maximum Gasteiger partial charge on any atom is 0.220 e. The summed E-state index contributed by atoms with van der Waals surface area (Å²) >= 11 is 0. The molecule has 0 radical (unpaired) electrons. The highest BCUT2D eigenvalue weighted by Crippen LogP contribution is 2.30. The Morgan fingerprint density at radius 3 is 1.12 bits per heavy atom. The summed E-state index contributed by atoms with van der Waals surface area (Å²) in [5.74, 6) is -0.255. The summed E-state index contributed by atoms with van der Waals surface area (Å²) < 4.78 is 22.9. The van der Waals surface area contributed by atoms with E-state index in [1.807, 2.05) is 6.08 Å². The predicted molar refractivity (Wildman–Crippen MR) is 405 cm³/mol. The fraction of sp³-hybridized carbons (Fsp3) is 0.726. The Balaban J connectivity index is 1.62. The Morgan fingerprint density at radius 1 is 0.378 bits per heavy atom. The van der Waals surface area contributed by atoms with Crippen molar-refractivity contribution in [1.29, 1.82) is 0 Å². The molecule has 2 aliphatic rings. The second-order valence-corrected chi connectivity index (χ2v) is 27.1. The van der Waals surface area contributed by atoms with E-state index >= 15 is 0 Å². The molecule has 1 amide bonds. The van der Waals surface area contributed by atoms with E-state index in [0.29, 0.717) is 12.8 Å². The molecule has 0 spiro atoms. The number of carbonyl (C=O) groups is 1. The molecular formula is C84H143NO13. The second-order valence-electron chi connectivity index (χ2n) is 27.1. The Labute approximate surface area is 596 Å². The summed E-state index contributed by atoms with van der Waals surface area (Å²) in [5, 5.41) is 87.6. The van der Waals surface area contributed by atoms with Crippen LogP contribution in [0.3, 0.4) is 0 Å². The van der Waals surface area contributed by atoms with Crippen LogP contribution in [0, 0.1) is 0 Å². The van der Waals surface area contributed by atoms with Crippen LogP contribution < -0.4 is 5.32 Å². The third-order valence-corrected chi connectivity index (χ3v) is 18.3. The van der Waals surface area contributed by atoms with Crippen molar-refractivity contribution in [3.8, 4) is 0 Å². The molecule has 2 aliphatic heterocycles. The number of aliphatic hydroxyl groups is 8. The van der Waals surface area contributed by atoms with E-state index in [0.717, 1.165) is 96.3 Å². The van der Waals surface area contributed by atoms with E-state index in [9.17, 15) is 45.6 Å². The molecule has 9 N–H and O–H groups in total. The van der Waals surface area contributed by atoms with Crippen LogP contribution >= 0.6 is 0 Å². The van der Waals surface area contributed by atoms with Crippen molar-refractivity contribution in [2.75, 3.05) is 19.8 Å². The molecule has 0 saturated carbocycles. The van der Waals surface area contributed by atoms with Gasteiger partial charge in [0.1, 0.15) is 48.8 Å². The maximum absolute atomic E-state index is 13.4. The van der Waals surface area contributed by atoms with Gasteiger partial charge in [-0.1, -0.05) is 314 Å². The fourth-order valence-electron chi connectivity index (χ4n) is 12.1. The Morgan fingerprint density at radius 2 is 0.714 bits per heavy atom. The van der Waals surface area contributed by atoms with Crippen LogP contribution in [0.5, 0.6) is 0 Å². The van der Waals surface area contributed by atoms with Gasteiger partial charge in [-0.15, -0.1) is 0 Å². The van der Waals surface area contributed by atoms with Crippen LogP contribution in [-0.2, 0) is 23.7 Å². The third-order valence-electron chi connectivity index (χ3n) is 18.3. The van der Waals surface area contributed by atoms with E-state index in [4.69, 9.17) is 18.9 Å². The highest BCUT2D eigenvalue weighted by molar-refractivity contribution is 5.76. The van der Waals surface area contributed by atoms with Crippen LogP contribution in [0.2, 0.25) is 0 Å². The molecule has 12 unspecified atom stereocenters. The lowest BCUT2D eigenvalue weighted by Crippen LogP contribution is -2.65. The van der Waals surface area contributed by atoms with Gasteiger partial charge in [0.15, 0.2) is 12.6 Å². The van der Waals surface area contributed by atoms with Crippen molar-refractivity contribution in [2.45, 2.75) is 370 Å². The Hall–Kier alpha value is -3.87. The summed E-state index contributed by atoms with van der Waals surface area (Å²) in [4.78, 5) is 13.4. The summed E-state index contributed by atoms with van der Waals surface area (Å²) in [6.07, 6.45) is 82.4. The summed E-state index contributed by atoms with van der Waals surface area (Å²) in [6, 6.07) is -0.946. The maximum atomic E-state index is 13.4. The lowest BCUT2D eigenvalue weighted by molar-refractivity contribution is -0.359. The number of amides is 1. The fourth-order valence-corrected chi connectivity index (χ4v) is 12.1. The zero-order valence-electron chi connectivity index (χ0n) is 61.5. The van der Waals surface area contributed by atoms with Crippen LogP contribution in [0.4, 0.5) is 0 Å². The molecule has 14 nitrogen and oxygen atoms in total. The van der Waals surface area contributed by atoms with E-state index in [1.165, 1.54) is 167 Å². The molecule has 14 heteroatoms. The lowest BCUT2D eigenvalue weighted by atomic mass is 9.97. The standard InChI is InChI=1S/C84H143NO13/c1-3-5-7-9-11-13-15-17-19-21-23-25-27-28-29-30-31-32-33-34-35-36-37-38-39-40-41-42-43-44-46-48-50-52-54-56-58-60-62-64-66-68-76(89)85-72(71-95-83-81(94)79(92)82(75(70-87)97-83)98-84-80(93)78(91)77(90)74(69-86)96-84)73(88)67-65-63-61-59-57-55-53-51-49-47-45-26-24-22-20-18-16-14-12-10-8-6-4-2/h5,7,11,13,17,19,23,25,28-29,31-32,34-35,37-38,49,51,57,59,65,67,72-75,77-84,86-88,90-94H,3-4,6,8-10,12,14-16,18,20-22,24,26-27,30,33,36,39-48,50,52-56,58,60-64,66,68-71H2,1-2H3,(H,85,89)/b7-5-,13-11-,19-17-,25-23-,29-28-,32-31-,35-34-,38-37-,51-49+,59-57+,67-65+. The first-order valence-electron chi connectivity index (χ1n) is 39.4. The van der Waals surface area contributed by atoms with E-state index < -0.39 is 86.8 Å². The van der Waals surface area contributed by atoms with Crippen molar-refractivity contribution >= 4 is 5.91 Å². The first-order chi connectivity index (χ1) is 48.1. The van der Waals surface area contributed by atoms with Gasteiger partial charge in [-0.25, -0.2) is 0 Å². The van der Waals surface area contributed by atoms with Gasteiger partial charge in [0.2, 0.25) is 5.91 Å². The van der Waals surface area contributed by atoms with E-state index in [-0.39, 0.29) is 18.9 Å². The first kappa shape index (κ1) is 90.2. The van der Waals surface area contributed by atoms with Crippen molar-refractivity contribution in [1.82, 2.24) is 5.32 Å². The molecule has 0 aromatic heterocycles. The molecule has 0 bridgehead atoms. The molecule has 0 aromatic rings. The normalized spacial score (nSPS) is 22.8.